The molecule has 0 spiro atoms. The average Bonchev–Trinajstić information content (AvgIpc) is 2.56. The van der Waals surface area contributed by atoms with Gasteiger partial charge in [-0.15, -0.1) is 0 Å². The number of halogens is 2. The maximum absolute atomic E-state index is 13.5. The molecule has 0 aliphatic heterocycles. The number of hydrogen-bond acceptors (Lipinski definition) is 2. The van der Waals surface area contributed by atoms with E-state index in [9.17, 15) is 9.18 Å². The highest BCUT2D eigenvalue weighted by molar-refractivity contribution is 9.10. The van der Waals surface area contributed by atoms with E-state index in [1.807, 2.05) is 30.3 Å². The van der Waals surface area contributed by atoms with Crippen LogP contribution < -0.4 is 10.6 Å². The summed E-state index contributed by atoms with van der Waals surface area (Å²) in [6, 6.07) is 14.5. The minimum absolute atomic E-state index is 0.232. The minimum atomic E-state index is -0.357. The van der Waals surface area contributed by atoms with Crippen molar-refractivity contribution in [2.75, 3.05) is 18.4 Å². The van der Waals surface area contributed by atoms with Gasteiger partial charge >= 0.3 is 0 Å². The van der Waals surface area contributed by atoms with Crippen molar-refractivity contribution in [3.8, 4) is 0 Å². The van der Waals surface area contributed by atoms with E-state index in [-0.39, 0.29) is 11.7 Å². The summed E-state index contributed by atoms with van der Waals surface area (Å²) in [6.45, 7) is 1.33. The first-order chi connectivity index (χ1) is 11.1. The Kier molecular flexibility index (Phi) is 6.81. The molecule has 1 amide bonds. The van der Waals surface area contributed by atoms with Crippen LogP contribution in [0.4, 0.5) is 10.1 Å². The zero-order chi connectivity index (χ0) is 16.5. The van der Waals surface area contributed by atoms with E-state index in [1.165, 1.54) is 18.2 Å². The summed E-state index contributed by atoms with van der Waals surface area (Å²) in [5.74, 6) is -0.589. The van der Waals surface area contributed by atoms with Crippen molar-refractivity contribution in [2.24, 2.45) is 0 Å². The lowest BCUT2D eigenvalue weighted by Crippen LogP contribution is -2.23. The smallest absolute Gasteiger partial charge is 0.244 e. The van der Waals surface area contributed by atoms with Gasteiger partial charge in [0.2, 0.25) is 5.91 Å². The largest absolute Gasteiger partial charge is 0.385 e. The molecule has 2 rings (SSSR count). The van der Waals surface area contributed by atoms with Crippen LogP contribution in [0.15, 0.2) is 59.1 Å². The molecule has 3 nitrogen and oxygen atoms in total. The lowest BCUT2D eigenvalue weighted by Gasteiger charge is -2.06. The van der Waals surface area contributed by atoms with E-state index >= 15 is 0 Å². The third-order valence-corrected chi connectivity index (χ3v) is 3.62. The monoisotopic (exact) mass is 376 g/mol. The maximum Gasteiger partial charge on any atom is 0.244 e. The number of rotatable bonds is 7. The van der Waals surface area contributed by atoms with E-state index < -0.39 is 0 Å². The van der Waals surface area contributed by atoms with Gasteiger partial charge in [0.15, 0.2) is 0 Å². The molecule has 2 aromatic rings. The van der Waals surface area contributed by atoms with Crippen molar-refractivity contribution in [1.29, 1.82) is 0 Å². The molecule has 0 aliphatic rings. The van der Waals surface area contributed by atoms with Crippen LogP contribution in [0.5, 0.6) is 0 Å². The van der Waals surface area contributed by atoms with Crippen molar-refractivity contribution >= 4 is 33.6 Å². The number of hydrogen-bond donors (Lipinski definition) is 2. The van der Waals surface area contributed by atoms with E-state index in [0.717, 1.165) is 23.1 Å². The Morgan fingerprint density at radius 2 is 1.91 bits per heavy atom. The molecule has 0 fully saturated rings. The topological polar surface area (TPSA) is 41.1 Å². The number of para-hydroxylation sites is 1. The van der Waals surface area contributed by atoms with Crippen LogP contribution >= 0.6 is 15.9 Å². The number of nitrogens with one attached hydrogen (secondary N) is 2. The number of carbonyl (C=O) groups is 1. The van der Waals surface area contributed by atoms with Crippen molar-refractivity contribution in [2.45, 2.75) is 6.42 Å². The Bertz CT molecular complexity index is 674. The molecule has 0 aliphatic carbocycles. The van der Waals surface area contributed by atoms with Gasteiger partial charge in [-0.05, 0) is 42.8 Å². The standard InChI is InChI=1S/C18H18BrFN2O/c19-15-8-9-17(20)14(13-15)7-10-18(23)22-12-4-11-21-16-5-2-1-3-6-16/h1-3,5-10,13,21H,4,11-12H2,(H,22,23). The molecule has 0 saturated heterocycles. The van der Waals surface area contributed by atoms with Crippen LogP contribution in [0.3, 0.4) is 0 Å². The maximum atomic E-state index is 13.5. The quantitative estimate of drug-likeness (QED) is 0.560. The van der Waals surface area contributed by atoms with Gasteiger partial charge in [-0.1, -0.05) is 34.1 Å². The Morgan fingerprint density at radius 3 is 2.70 bits per heavy atom. The molecule has 23 heavy (non-hydrogen) atoms. The van der Waals surface area contributed by atoms with Crippen molar-refractivity contribution in [1.82, 2.24) is 5.32 Å². The lowest BCUT2D eigenvalue weighted by atomic mass is 10.2. The zero-order valence-corrected chi connectivity index (χ0v) is 14.1. The summed E-state index contributed by atoms with van der Waals surface area (Å²) in [5.41, 5.74) is 1.43. The van der Waals surface area contributed by atoms with Crippen LogP contribution in [0, 0.1) is 5.82 Å². The van der Waals surface area contributed by atoms with Gasteiger partial charge in [-0.3, -0.25) is 4.79 Å². The molecular weight excluding hydrogens is 359 g/mol. The number of benzene rings is 2. The fourth-order valence-corrected chi connectivity index (χ4v) is 2.33. The number of anilines is 1. The van der Waals surface area contributed by atoms with Gasteiger partial charge in [-0.25, -0.2) is 4.39 Å². The normalized spacial score (nSPS) is 10.7. The Morgan fingerprint density at radius 1 is 1.13 bits per heavy atom. The molecule has 0 heterocycles. The predicted octanol–water partition coefficient (Wildman–Crippen LogP) is 4.22. The molecule has 0 unspecified atom stereocenters. The van der Waals surface area contributed by atoms with Gasteiger partial charge in [0.1, 0.15) is 5.82 Å². The molecule has 0 aromatic heterocycles. The predicted molar refractivity (Wildman–Crippen MR) is 95.7 cm³/mol. The Labute approximate surface area is 143 Å². The highest BCUT2D eigenvalue weighted by Crippen LogP contribution is 2.16. The summed E-state index contributed by atoms with van der Waals surface area (Å²) in [6.07, 6.45) is 3.62. The minimum Gasteiger partial charge on any atom is -0.385 e. The molecular formula is C18H18BrFN2O. The highest BCUT2D eigenvalue weighted by Gasteiger charge is 2.00. The highest BCUT2D eigenvalue weighted by atomic mass is 79.9. The molecule has 0 saturated carbocycles. The van der Waals surface area contributed by atoms with Gasteiger partial charge in [0.05, 0.1) is 0 Å². The van der Waals surface area contributed by atoms with E-state index in [2.05, 4.69) is 26.6 Å². The molecule has 0 atom stereocenters. The van der Waals surface area contributed by atoms with Crippen LogP contribution in [-0.4, -0.2) is 19.0 Å². The van der Waals surface area contributed by atoms with E-state index in [0.29, 0.717) is 12.1 Å². The zero-order valence-electron chi connectivity index (χ0n) is 12.6. The van der Waals surface area contributed by atoms with Crippen LogP contribution in [0.25, 0.3) is 6.08 Å². The molecule has 5 heteroatoms. The number of carbonyl (C=O) groups excluding carboxylic acids is 1. The van der Waals surface area contributed by atoms with Crippen molar-refractivity contribution in [3.63, 3.8) is 0 Å². The molecule has 2 N–H and O–H groups in total. The van der Waals surface area contributed by atoms with E-state index in [4.69, 9.17) is 0 Å². The SMILES string of the molecule is O=C(C=Cc1cc(Br)ccc1F)NCCCNc1ccccc1. The average molecular weight is 377 g/mol. The summed E-state index contributed by atoms with van der Waals surface area (Å²) >= 11 is 3.27. The van der Waals surface area contributed by atoms with Gasteiger partial charge < -0.3 is 10.6 Å². The second-order valence-electron chi connectivity index (χ2n) is 4.94. The summed E-state index contributed by atoms with van der Waals surface area (Å²) in [5, 5.41) is 6.04. The summed E-state index contributed by atoms with van der Waals surface area (Å²) < 4.78 is 14.3. The fraction of sp³-hybridized carbons (Fsp3) is 0.167. The molecule has 0 bridgehead atoms. The fourth-order valence-electron chi connectivity index (χ4n) is 1.96. The van der Waals surface area contributed by atoms with Crippen molar-refractivity contribution < 1.29 is 9.18 Å². The first-order valence-electron chi connectivity index (χ1n) is 7.35. The third kappa shape index (κ3) is 6.24. The van der Waals surface area contributed by atoms with Gasteiger partial charge in [0, 0.05) is 34.9 Å². The van der Waals surface area contributed by atoms with Crippen LogP contribution in [-0.2, 0) is 4.79 Å². The third-order valence-electron chi connectivity index (χ3n) is 3.13. The summed E-state index contributed by atoms with van der Waals surface area (Å²) in [7, 11) is 0. The lowest BCUT2D eigenvalue weighted by molar-refractivity contribution is -0.116. The second-order valence-corrected chi connectivity index (χ2v) is 5.85. The Hall–Kier alpha value is -2.14. The Balaban J connectivity index is 1.69. The second kappa shape index (κ2) is 9.10. The van der Waals surface area contributed by atoms with Gasteiger partial charge in [0.25, 0.3) is 0 Å². The summed E-state index contributed by atoms with van der Waals surface area (Å²) in [4.78, 5) is 11.7. The molecule has 0 radical (unpaired) electrons. The van der Waals surface area contributed by atoms with Crippen LogP contribution in [0.1, 0.15) is 12.0 Å². The first kappa shape index (κ1) is 17.2. The van der Waals surface area contributed by atoms with Crippen molar-refractivity contribution in [3.05, 3.63) is 70.5 Å². The van der Waals surface area contributed by atoms with Gasteiger partial charge in [-0.2, -0.15) is 0 Å². The molecule has 2 aromatic carbocycles. The number of amides is 1. The van der Waals surface area contributed by atoms with E-state index in [1.54, 1.807) is 12.1 Å². The molecule has 120 valence electrons. The first-order valence-corrected chi connectivity index (χ1v) is 8.14. The van der Waals surface area contributed by atoms with Crippen LogP contribution in [0.2, 0.25) is 0 Å².